The Balaban J connectivity index is 0.000000193. The lowest BCUT2D eigenvalue weighted by Gasteiger charge is -2.36. The number of carbonyl (C=O) groups is 1. The van der Waals surface area contributed by atoms with Gasteiger partial charge in [0.1, 0.15) is 42.5 Å². The standard InChI is InChI=1S/C26H32Cl2N2O5.C21H24Cl2N2O3/c1-25(2,3)35-24(31)30-13-11-29(12-14-30)19-6-8-20(9-7-19)32-16-21-17-33-26(4,34-21)22-10-5-18(27)15-23(22)28;1-21(19-7-2-15(22)12-20(19)23)27-14-18(28-21)13-26-17-5-3-16(4-6-17)25-10-8-24-9-11-25/h5-10,15,21H,11-14,16-17H2,1-4H3;2-7,12,18,24H,8-11,13-14H2,1H3/t21?,26-;18?,21-/m00/s1. The monoisotopic (exact) mass is 944 g/mol. The third kappa shape index (κ3) is 12.6. The van der Waals surface area contributed by atoms with Gasteiger partial charge in [0, 0.05) is 84.9 Å². The van der Waals surface area contributed by atoms with E-state index in [4.69, 9.17) is 79.6 Å². The van der Waals surface area contributed by atoms with Crippen molar-refractivity contribution in [2.24, 2.45) is 0 Å². The number of nitrogens with one attached hydrogen (secondary N) is 1. The molecule has 63 heavy (non-hydrogen) atoms. The number of halogens is 4. The summed E-state index contributed by atoms with van der Waals surface area (Å²) in [7, 11) is 0. The quantitative estimate of drug-likeness (QED) is 0.164. The van der Waals surface area contributed by atoms with Crippen LogP contribution in [-0.4, -0.2) is 108 Å². The summed E-state index contributed by atoms with van der Waals surface area (Å²) in [5, 5.41) is 5.54. The first-order chi connectivity index (χ1) is 30.1. The van der Waals surface area contributed by atoms with Crippen molar-refractivity contribution < 1.29 is 38.0 Å². The SMILES string of the molecule is CC(C)(C)OC(=O)N1CCN(c2ccc(OCC3CO[C@](C)(c4ccc(Cl)cc4Cl)O3)cc2)CC1.C[C@]1(c2ccc(Cl)cc2Cl)OCC(COc2ccc(N3CCNCC3)cc2)O1. The second-order valence-corrected chi connectivity index (χ2v) is 18.7. The van der Waals surface area contributed by atoms with E-state index < -0.39 is 17.2 Å². The molecule has 8 rings (SSSR count). The maximum Gasteiger partial charge on any atom is 0.410 e. The van der Waals surface area contributed by atoms with E-state index >= 15 is 0 Å². The lowest BCUT2D eigenvalue weighted by atomic mass is 10.1. The molecular weight excluding hydrogens is 890 g/mol. The largest absolute Gasteiger partial charge is 0.491 e. The van der Waals surface area contributed by atoms with Crippen LogP contribution in [0.15, 0.2) is 84.9 Å². The molecule has 4 fully saturated rings. The third-order valence-electron chi connectivity index (χ3n) is 11.0. The van der Waals surface area contributed by atoms with Crippen LogP contribution < -0.4 is 24.6 Å². The number of amides is 1. The fourth-order valence-corrected chi connectivity index (χ4v) is 8.88. The molecule has 16 heteroatoms. The molecule has 0 bridgehead atoms. The maximum absolute atomic E-state index is 12.3. The summed E-state index contributed by atoms with van der Waals surface area (Å²) in [6, 6.07) is 26.7. The number of hydrogen-bond donors (Lipinski definition) is 1. The molecule has 4 atom stereocenters. The summed E-state index contributed by atoms with van der Waals surface area (Å²) in [5.74, 6) is -0.272. The van der Waals surface area contributed by atoms with Crippen LogP contribution in [0.2, 0.25) is 20.1 Å². The van der Waals surface area contributed by atoms with Crippen LogP contribution >= 0.6 is 46.4 Å². The topological polar surface area (TPSA) is 103 Å². The zero-order chi connectivity index (χ0) is 44.8. The lowest BCUT2D eigenvalue weighted by molar-refractivity contribution is -0.164. The van der Waals surface area contributed by atoms with Crippen molar-refractivity contribution in [1.29, 1.82) is 0 Å². The van der Waals surface area contributed by atoms with E-state index in [-0.39, 0.29) is 18.3 Å². The summed E-state index contributed by atoms with van der Waals surface area (Å²) in [6.45, 7) is 17.8. The Morgan fingerprint density at radius 2 is 1.08 bits per heavy atom. The van der Waals surface area contributed by atoms with Crippen LogP contribution in [0, 0.1) is 0 Å². The van der Waals surface area contributed by atoms with Gasteiger partial charge in [-0.25, -0.2) is 4.79 Å². The van der Waals surface area contributed by atoms with Crippen LogP contribution in [0.5, 0.6) is 11.5 Å². The summed E-state index contributed by atoms with van der Waals surface area (Å²) in [6.07, 6.45) is -0.662. The number of benzene rings is 4. The number of carbonyl (C=O) groups excluding carboxylic acids is 1. The van der Waals surface area contributed by atoms with E-state index in [9.17, 15) is 4.79 Å². The number of rotatable bonds is 10. The molecule has 1 amide bonds. The van der Waals surface area contributed by atoms with E-state index in [0.29, 0.717) is 59.6 Å². The Morgan fingerprint density at radius 1 is 0.651 bits per heavy atom. The van der Waals surface area contributed by atoms with Gasteiger partial charge in [-0.2, -0.15) is 0 Å². The predicted molar refractivity (Wildman–Crippen MR) is 248 cm³/mol. The number of anilines is 2. The molecule has 4 aromatic carbocycles. The summed E-state index contributed by atoms with van der Waals surface area (Å²) in [5.41, 5.74) is 3.33. The highest BCUT2D eigenvalue weighted by Crippen LogP contribution is 2.40. The molecule has 12 nitrogen and oxygen atoms in total. The van der Waals surface area contributed by atoms with Crippen LogP contribution in [-0.2, 0) is 35.3 Å². The van der Waals surface area contributed by atoms with Crippen LogP contribution in [0.25, 0.3) is 0 Å². The first kappa shape index (κ1) is 47.3. The molecule has 0 spiro atoms. The van der Waals surface area contributed by atoms with Gasteiger partial charge in [0.25, 0.3) is 0 Å². The third-order valence-corrected chi connectivity index (χ3v) is 12.1. The average molecular weight is 947 g/mol. The molecule has 4 aliphatic heterocycles. The van der Waals surface area contributed by atoms with Crippen molar-refractivity contribution in [3.63, 3.8) is 0 Å². The maximum atomic E-state index is 12.3. The van der Waals surface area contributed by atoms with E-state index in [1.807, 2.05) is 83.1 Å². The highest BCUT2D eigenvalue weighted by atomic mass is 35.5. The molecule has 0 radical (unpaired) electrons. The molecule has 4 saturated heterocycles. The zero-order valence-corrected chi connectivity index (χ0v) is 39.4. The number of piperazine rings is 2. The fraction of sp³-hybridized carbons (Fsp3) is 0.468. The zero-order valence-electron chi connectivity index (χ0n) is 36.3. The Bertz CT molecular complexity index is 2150. The summed E-state index contributed by atoms with van der Waals surface area (Å²) >= 11 is 24.6. The minimum atomic E-state index is -0.943. The van der Waals surface area contributed by atoms with Gasteiger partial charge in [0.2, 0.25) is 0 Å². The Kier molecular flexibility index (Phi) is 15.5. The normalized spacial score (nSPS) is 23.9. The van der Waals surface area contributed by atoms with E-state index in [1.165, 1.54) is 5.69 Å². The average Bonchev–Trinajstić information content (AvgIpc) is 3.85. The molecule has 0 aromatic heterocycles. The Hall–Kier alpha value is -3.69. The van der Waals surface area contributed by atoms with E-state index in [1.54, 1.807) is 29.2 Å². The fourth-order valence-electron chi connectivity index (χ4n) is 7.72. The second-order valence-electron chi connectivity index (χ2n) is 17.0. The number of hydrogen-bond acceptors (Lipinski definition) is 11. The van der Waals surface area contributed by atoms with Crippen molar-refractivity contribution in [2.75, 3.05) is 88.6 Å². The van der Waals surface area contributed by atoms with Crippen molar-refractivity contribution in [2.45, 2.75) is 64.0 Å². The van der Waals surface area contributed by atoms with E-state index in [2.05, 4.69) is 27.2 Å². The first-order valence-electron chi connectivity index (χ1n) is 21.2. The Morgan fingerprint density at radius 3 is 1.49 bits per heavy atom. The van der Waals surface area contributed by atoms with Crippen molar-refractivity contribution in [3.8, 4) is 11.5 Å². The van der Waals surface area contributed by atoms with E-state index in [0.717, 1.165) is 67.6 Å². The highest BCUT2D eigenvalue weighted by molar-refractivity contribution is 6.35. The van der Waals surface area contributed by atoms with Gasteiger partial charge in [-0.3, -0.25) is 0 Å². The van der Waals surface area contributed by atoms with Gasteiger partial charge >= 0.3 is 6.09 Å². The molecule has 0 saturated carbocycles. The number of nitrogens with zero attached hydrogens (tertiary/aromatic N) is 3. The minimum absolute atomic E-state index is 0.176. The Labute approximate surface area is 390 Å². The van der Waals surface area contributed by atoms with Crippen molar-refractivity contribution in [3.05, 3.63) is 116 Å². The van der Waals surface area contributed by atoms with Crippen molar-refractivity contribution >= 4 is 63.9 Å². The summed E-state index contributed by atoms with van der Waals surface area (Å²) < 4.78 is 41.4. The summed E-state index contributed by atoms with van der Waals surface area (Å²) in [4.78, 5) is 18.6. The van der Waals surface area contributed by atoms with Crippen LogP contribution in [0.4, 0.5) is 16.2 Å². The van der Waals surface area contributed by atoms with Gasteiger partial charge in [-0.15, -0.1) is 0 Å². The molecule has 1 N–H and O–H groups in total. The van der Waals surface area contributed by atoms with Gasteiger partial charge in [-0.1, -0.05) is 58.5 Å². The molecule has 4 heterocycles. The minimum Gasteiger partial charge on any atom is -0.491 e. The first-order valence-corrected chi connectivity index (χ1v) is 22.8. The molecular formula is C47H56Cl4N4O8. The van der Waals surface area contributed by atoms with Crippen LogP contribution in [0.1, 0.15) is 45.7 Å². The predicted octanol–water partition coefficient (Wildman–Crippen LogP) is 9.79. The number of ether oxygens (including phenoxy) is 7. The second kappa shape index (κ2) is 20.6. The van der Waals surface area contributed by atoms with Gasteiger partial charge in [-0.05, 0) is 107 Å². The van der Waals surface area contributed by atoms with Gasteiger partial charge in [0.05, 0.1) is 23.3 Å². The van der Waals surface area contributed by atoms with Gasteiger partial charge < -0.3 is 53.2 Å². The molecule has 4 aliphatic rings. The molecule has 340 valence electrons. The molecule has 2 unspecified atom stereocenters. The molecule has 4 aromatic rings. The molecule has 0 aliphatic carbocycles. The van der Waals surface area contributed by atoms with Crippen LogP contribution in [0.3, 0.4) is 0 Å². The lowest BCUT2D eigenvalue weighted by Crippen LogP contribution is -2.50. The smallest absolute Gasteiger partial charge is 0.410 e. The van der Waals surface area contributed by atoms with Crippen molar-refractivity contribution in [1.82, 2.24) is 10.2 Å². The van der Waals surface area contributed by atoms with Gasteiger partial charge in [0.15, 0.2) is 11.6 Å². The highest BCUT2D eigenvalue weighted by Gasteiger charge is 2.42.